The van der Waals surface area contributed by atoms with Crippen molar-refractivity contribution in [2.75, 3.05) is 13.2 Å². The highest BCUT2D eigenvalue weighted by molar-refractivity contribution is 7.08. The Labute approximate surface area is 119 Å². The van der Waals surface area contributed by atoms with E-state index >= 15 is 0 Å². The van der Waals surface area contributed by atoms with Crippen molar-refractivity contribution in [2.45, 2.75) is 26.8 Å². The minimum Gasteiger partial charge on any atom is -0.494 e. The molecule has 1 N–H and O–H groups in total. The molecule has 0 fully saturated rings. The number of hydrogen-bond acceptors (Lipinski definition) is 3. The molecule has 0 bridgehead atoms. The van der Waals surface area contributed by atoms with E-state index in [9.17, 15) is 0 Å². The lowest BCUT2D eigenvalue weighted by molar-refractivity contribution is 0.340. The molecule has 1 unspecified atom stereocenters. The van der Waals surface area contributed by atoms with Crippen LogP contribution in [-0.2, 0) is 0 Å². The summed E-state index contributed by atoms with van der Waals surface area (Å²) in [5.74, 6) is 0.934. The summed E-state index contributed by atoms with van der Waals surface area (Å²) in [4.78, 5) is 0. The van der Waals surface area contributed by atoms with Crippen LogP contribution in [0.5, 0.6) is 5.75 Å². The van der Waals surface area contributed by atoms with Gasteiger partial charge in [0.05, 0.1) is 12.6 Å². The highest BCUT2D eigenvalue weighted by atomic mass is 32.1. The summed E-state index contributed by atoms with van der Waals surface area (Å²) in [6.07, 6.45) is 0. The third-order valence-electron chi connectivity index (χ3n) is 3.14. The Morgan fingerprint density at radius 1 is 1.16 bits per heavy atom. The third kappa shape index (κ3) is 3.37. The summed E-state index contributed by atoms with van der Waals surface area (Å²) in [5, 5.41) is 8.00. The van der Waals surface area contributed by atoms with Crippen LogP contribution < -0.4 is 10.1 Å². The molecule has 0 radical (unpaired) electrons. The maximum Gasteiger partial charge on any atom is 0.119 e. The van der Waals surface area contributed by atoms with Gasteiger partial charge in [0.1, 0.15) is 5.75 Å². The topological polar surface area (TPSA) is 21.3 Å². The van der Waals surface area contributed by atoms with Crippen LogP contribution in [0.2, 0.25) is 0 Å². The van der Waals surface area contributed by atoms with Crippen molar-refractivity contribution < 1.29 is 4.74 Å². The average molecular weight is 275 g/mol. The zero-order valence-corrected chi connectivity index (χ0v) is 12.6. The molecule has 1 atom stereocenters. The van der Waals surface area contributed by atoms with Gasteiger partial charge in [-0.1, -0.05) is 19.1 Å². The van der Waals surface area contributed by atoms with Gasteiger partial charge in [-0.15, -0.1) is 0 Å². The van der Waals surface area contributed by atoms with E-state index in [0.717, 1.165) is 12.3 Å². The second-order valence-electron chi connectivity index (χ2n) is 4.50. The SMILES string of the molecule is CCNC(c1ccc(OCC)cc1)c1cscc1C. The van der Waals surface area contributed by atoms with Crippen molar-refractivity contribution in [3.05, 3.63) is 51.7 Å². The van der Waals surface area contributed by atoms with Crippen molar-refractivity contribution in [1.82, 2.24) is 5.32 Å². The van der Waals surface area contributed by atoms with Crippen LogP contribution in [-0.4, -0.2) is 13.2 Å². The normalized spacial score (nSPS) is 12.4. The van der Waals surface area contributed by atoms with Crippen LogP contribution in [0.3, 0.4) is 0 Å². The maximum absolute atomic E-state index is 5.50. The van der Waals surface area contributed by atoms with Gasteiger partial charge in [-0.3, -0.25) is 0 Å². The zero-order chi connectivity index (χ0) is 13.7. The molecule has 0 aliphatic rings. The molecular weight excluding hydrogens is 254 g/mol. The Hall–Kier alpha value is -1.32. The Kier molecular flexibility index (Phi) is 5.00. The fourth-order valence-corrected chi connectivity index (χ4v) is 3.08. The van der Waals surface area contributed by atoms with Crippen LogP contribution in [0.25, 0.3) is 0 Å². The summed E-state index contributed by atoms with van der Waals surface area (Å²) in [5.41, 5.74) is 4.01. The molecule has 3 heteroatoms. The molecule has 2 aromatic rings. The molecule has 1 heterocycles. The van der Waals surface area contributed by atoms with Crippen molar-refractivity contribution >= 4 is 11.3 Å². The number of hydrogen-bond donors (Lipinski definition) is 1. The summed E-state index contributed by atoms with van der Waals surface area (Å²) < 4.78 is 5.50. The lowest BCUT2D eigenvalue weighted by Gasteiger charge is -2.19. The zero-order valence-electron chi connectivity index (χ0n) is 11.8. The Morgan fingerprint density at radius 2 is 1.89 bits per heavy atom. The number of benzene rings is 1. The number of rotatable bonds is 6. The van der Waals surface area contributed by atoms with Crippen LogP contribution in [0.1, 0.15) is 36.6 Å². The standard InChI is InChI=1S/C16H21NOS/c1-4-17-16(15-11-19-10-12(15)3)13-6-8-14(9-7-13)18-5-2/h6-11,16-17H,4-5H2,1-3H3. The second kappa shape index (κ2) is 6.73. The lowest BCUT2D eigenvalue weighted by Crippen LogP contribution is -2.22. The summed E-state index contributed by atoms with van der Waals surface area (Å²) in [7, 11) is 0. The van der Waals surface area contributed by atoms with E-state index in [2.05, 4.69) is 42.1 Å². The number of aryl methyl sites for hydroxylation is 1. The van der Waals surface area contributed by atoms with Gasteiger partial charge in [-0.25, -0.2) is 0 Å². The number of nitrogens with one attached hydrogen (secondary N) is 1. The Balaban J connectivity index is 2.26. The van der Waals surface area contributed by atoms with Crippen LogP contribution in [0, 0.1) is 6.92 Å². The van der Waals surface area contributed by atoms with Crippen LogP contribution in [0.4, 0.5) is 0 Å². The first-order valence-corrected chi connectivity index (χ1v) is 7.69. The van der Waals surface area contributed by atoms with E-state index in [4.69, 9.17) is 4.74 Å². The molecule has 0 saturated heterocycles. The van der Waals surface area contributed by atoms with Gasteiger partial charge in [0.25, 0.3) is 0 Å². The van der Waals surface area contributed by atoms with Gasteiger partial charge in [-0.2, -0.15) is 11.3 Å². The molecule has 0 saturated carbocycles. The molecule has 2 rings (SSSR count). The first-order valence-electron chi connectivity index (χ1n) is 6.75. The van der Waals surface area contributed by atoms with Gasteiger partial charge in [-0.05, 0) is 60.0 Å². The largest absolute Gasteiger partial charge is 0.494 e. The molecule has 2 nitrogen and oxygen atoms in total. The van der Waals surface area contributed by atoms with Crippen molar-refractivity contribution in [3.8, 4) is 5.75 Å². The predicted molar refractivity (Wildman–Crippen MR) is 82.2 cm³/mol. The molecule has 1 aromatic carbocycles. The predicted octanol–water partition coefficient (Wildman–Crippen LogP) is 4.15. The van der Waals surface area contributed by atoms with Crippen molar-refractivity contribution in [3.63, 3.8) is 0 Å². The van der Waals surface area contributed by atoms with E-state index in [1.165, 1.54) is 16.7 Å². The summed E-state index contributed by atoms with van der Waals surface area (Å²) in [6, 6.07) is 8.66. The van der Waals surface area contributed by atoms with Crippen molar-refractivity contribution in [1.29, 1.82) is 0 Å². The summed E-state index contributed by atoms with van der Waals surface area (Å²) in [6.45, 7) is 7.98. The average Bonchev–Trinajstić information content (AvgIpc) is 2.84. The quantitative estimate of drug-likeness (QED) is 0.855. The first-order chi connectivity index (χ1) is 9.26. The van der Waals surface area contributed by atoms with Crippen LogP contribution in [0.15, 0.2) is 35.0 Å². The second-order valence-corrected chi connectivity index (χ2v) is 5.25. The van der Waals surface area contributed by atoms with E-state index in [1.807, 2.05) is 19.1 Å². The molecule has 0 amide bonds. The fraction of sp³-hybridized carbons (Fsp3) is 0.375. The van der Waals surface area contributed by atoms with Crippen molar-refractivity contribution in [2.24, 2.45) is 0 Å². The highest BCUT2D eigenvalue weighted by Crippen LogP contribution is 2.28. The highest BCUT2D eigenvalue weighted by Gasteiger charge is 2.15. The molecule has 19 heavy (non-hydrogen) atoms. The fourth-order valence-electron chi connectivity index (χ4n) is 2.20. The molecule has 102 valence electrons. The molecular formula is C16H21NOS. The van der Waals surface area contributed by atoms with Crippen LogP contribution >= 0.6 is 11.3 Å². The third-order valence-corrected chi connectivity index (χ3v) is 4.02. The molecule has 1 aromatic heterocycles. The number of ether oxygens (including phenoxy) is 1. The summed E-state index contributed by atoms with van der Waals surface area (Å²) >= 11 is 1.76. The van der Waals surface area contributed by atoms with E-state index < -0.39 is 0 Å². The molecule has 0 aliphatic heterocycles. The first kappa shape index (κ1) is 14.1. The number of thiophene rings is 1. The van der Waals surface area contributed by atoms with Gasteiger partial charge in [0.15, 0.2) is 0 Å². The van der Waals surface area contributed by atoms with Gasteiger partial charge < -0.3 is 10.1 Å². The van der Waals surface area contributed by atoms with E-state index in [-0.39, 0.29) is 6.04 Å². The maximum atomic E-state index is 5.50. The Morgan fingerprint density at radius 3 is 2.42 bits per heavy atom. The van der Waals surface area contributed by atoms with Gasteiger partial charge >= 0.3 is 0 Å². The molecule has 0 spiro atoms. The van der Waals surface area contributed by atoms with Gasteiger partial charge in [0.2, 0.25) is 0 Å². The molecule has 0 aliphatic carbocycles. The minimum atomic E-state index is 0.270. The minimum absolute atomic E-state index is 0.270. The monoisotopic (exact) mass is 275 g/mol. The Bertz CT molecular complexity index is 504. The van der Waals surface area contributed by atoms with E-state index in [1.54, 1.807) is 11.3 Å². The lowest BCUT2D eigenvalue weighted by atomic mass is 9.98. The van der Waals surface area contributed by atoms with E-state index in [0.29, 0.717) is 6.61 Å². The van der Waals surface area contributed by atoms with Gasteiger partial charge in [0, 0.05) is 0 Å². The smallest absolute Gasteiger partial charge is 0.119 e.